The predicted octanol–water partition coefficient (Wildman–Crippen LogP) is 2.57. The van der Waals surface area contributed by atoms with Crippen molar-refractivity contribution in [3.05, 3.63) is 27.3 Å². The van der Waals surface area contributed by atoms with Crippen LogP contribution in [-0.2, 0) is 9.05 Å². The van der Waals surface area contributed by atoms with Crippen molar-refractivity contribution in [2.75, 3.05) is 6.61 Å². The molecule has 0 unspecified atom stereocenters. The van der Waals surface area contributed by atoms with Gasteiger partial charge in [0, 0.05) is 16.7 Å². The number of hydrogen-bond acceptors (Lipinski definition) is 5. The fourth-order valence-corrected chi connectivity index (χ4v) is 2.90. The molecular formula is C8H7Cl2NO5S. The molecule has 1 aromatic carbocycles. The van der Waals surface area contributed by atoms with E-state index in [2.05, 4.69) is 0 Å². The maximum Gasteiger partial charge on any atom is 0.312 e. The molecule has 17 heavy (non-hydrogen) atoms. The van der Waals surface area contributed by atoms with E-state index < -0.39 is 30.3 Å². The van der Waals surface area contributed by atoms with Crippen molar-refractivity contribution in [3.8, 4) is 5.75 Å². The third-order valence-electron chi connectivity index (χ3n) is 1.77. The van der Waals surface area contributed by atoms with E-state index in [0.717, 1.165) is 12.1 Å². The van der Waals surface area contributed by atoms with E-state index in [-0.39, 0.29) is 11.6 Å². The van der Waals surface area contributed by atoms with E-state index in [4.69, 9.17) is 27.0 Å². The zero-order valence-corrected chi connectivity index (χ0v) is 10.8. The maximum absolute atomic E-state index is 11.3. The molecule has 0 fully saturated rings. The summed E-state index contributed by atoms with van der Waals surface area (Å²) in [5.74, 6) is -0.444. The minimum atomic E-state index is -4.23. The van der Waals surface area contributed by atoms with Crippen LogP contribution in [0, 0.1) is 10.1 Å². The van der Waals surface area contributed by atoms with Gasteiger partial charge in [-0.15, -0.1) is 0 Å². The van der Waals surface area contributed by atoms with Crippen LogP contribution in [-0.4, -0.2) is 19.9 Å². The summed E-state index contributed by atoms with van der Waals surface area (Å²) in [5, 5.41) is 10.5. The van der Waals surface area contributed by atoms with Crippen molar-refractivity contribution in [1.29, 1.82) is 0 Å². The molecular weight excluding hydrogens is 293 g/mol. The van der Waals surface area contributed by atoms with E-state index in [9.17, 15) is 18.5 Å². The third kappa shape index (κ3) is 2.99. The molecule has 0 bridgehead atoms. The Morgan fingerprint density at radius 2 is 2.06 bits per heavy atom. The highest BCUT2D eigenvalue weighted by Gasteiger charge is 2.29. The summed E-state index contributed by atoms with van der Waals surface area (Å²) in [5.41, 5.74) is -0.504. The second-order valence-electron chi connectivity index (χ2n) is 2.85. The zero-order chi connectivity index (χ0) is 13.2. The fourth-order valence-electron chi connectivity index (χ4n) is 1.18. The largest absolute Gasteiger partial charge is 0.486 e. The van der Waals surface area contributed by atoms with Crippen LogP contribution in [0.25, 0.3) is 0 Å². The lowest BCUT2D eigenvalue weighted by Crippen LogP contribution is -2.04. The Balaban J connectivity index is 3.66. The van der Waals surface area contributed by atoms with Gasteiger partial charge in [0.05, 0.1) is 16.6 Å². The molecule has 0 saturated carbocycles. The van der Waals surface area contributed by atoms with Gasteiger partial charge in [-0.05, 0) is 13.0 Å². The molecule has 0 heterocycles. The van der Waals surface area contributed by atoms with Crippen molar-refractivity contribution in [2.45, 2.75) is 11.8 Å². The van der Waals surface area contributed by atoms with Gasteiger partial charge < -0.3 is 4.74 Å². The van der Waals surface area contributed by atoms with Crippen LogP contribution >= 0.6 is 22.3 Å². The molecule has 0 spiro atoms. The molecule has 0 aromatic heterocycles. The standard InChI is InChI=1S/C8H7Cl2NO5S/c1-2-16-7-6(11(12)13)4-3-5(9)8(7)17(10,14)15/h3-4H,2H2,1H3. The number of hydrogen-bond donors (Lipinski definition) is 0. The SMILES string of the molecule is CCOc1c([N+](=O)[O-])ccc(Cl)c1S(=O)(=O)Cl. The van der Waals surface area contributed by atoms with Gasteiger partial charge in [-0.3, -0.25) is 10.1 Å². The first-order valence-corrected chi connectivity index (χ1v) is 7.02. The van der Waals surface area contributed by atoms with Crippen molar-refractivity contribution in [2.24, 2.45) is 0 Å². The molecule has 0 atom stereocenters. The summed E-state index contributed by atoms with van der Waals surface area (Å²) in [6, 6.07) is 2.14. The highest BCUT2D eigenvalue weighted by molar-refractivity contribution is 8.14. The van der Waals surface area contributed by atoms with Crippen molar-refractivity contribution < 1.29 is 18.1 Å². The first kappa shape index (κ1) is 14.0. The van der Waals surface area contributed by atoms with Crippen LogP contribution in [0.4, 0.5) is 5.69 Å². The second kappa shape index (κ2) is 5.07. The molecule has 0 amide bonds. The lowest BCUT2D eigenvalue weighted by molar-refractivity contribution is -0.386. The second-order valence-corrected chi connectivity index (χ2v) is 5.76. The summed E-state index contributed by atoms with van der Waals surface area (Å²) in [4.78, 5) is 9.37. The lowest BCUT2D eigenvalue weighted by atomic mass is 10.3. The Labute approximate surface area is 107 Å². The first-order chi connectivity index (χ1) is 7.79. The van der Waals surface area contributed by atoms with E-state index in [1.165, 1.54) is 0 Å². The first-order valence-electron chi connectivity index (χ1n) is 4.33. The van der Waals surface area contributed by atoms with Crippen LogP contribution in [0.3, 0.4) is 0 Å². The van der Waals surface area contributed by atoms with Gasteiger partial charge in [-0.2, -0.15) is 0 Å². The predicted molar refractivity (Wildman–Crippen MR) is 62.3 cm³/mol. The Morgan fingerprint density at radius 1 is 1.47 bits per heavy atom. The fraction of sp³-hybridized carbons (Fsp3) is 0.250. The molecule has 1 rings (SSSR count). The average molecular weight is 300 g/mol. The van der Waals surface area contributed by atoms with E-state index >= 15 is 0 Å². The van der Waals surface area contributed by atoms with Gasteiger partial charge in [0.2, 0.25) is 5.75 Å². The number of rotatable bonds is 4. The van der Waals surface area contributed by atoms with Crippen LogP contribution in [0.2, 0.25) is 5.02 Å². The summed E-state index contributed by atoms with van der Waals surface area (Å²) >= 11 is 5.66. The molecule has 9 heteroatoms. The van der Waals surface area contributed by atoms with Crippen molar-refractivity contribution >= 4 is 37.0 Å². The van der Waals surface area contributed by atoms with E-state index in [1.54, 1.807) is 6.92 Å². The molecule has 6 nitrogen and oxygen atoms in total. The number of nitro groups is 1. The molecule has 0 aliphatic rings. The molecule has 0 aliphatic carbocycles. The van der Waals surface area contributed by atoms with Gasteiger partial charge in [0.1, 0.15) is 0 Å². The molecule has 1 aromatic rings. The van der Waals surface area contributed by atoms with E-state index in [1.807, 2.05) is 0 Å². The number of halogens is 2. The normalized spacial score (nSPS) is 11.2. The van der Waals surface area contributed by atoms with Gasteiger partial charge in [-0.1, -0.05) is 11.6 Å². The lowest BCUT2D eigenvalue weighted by Gasteiger charge is -2.09. The molecule has 0 aliphatic heterocycles. The van der Waals surface area contributed by atoms with Crippen molar-refractivity contribution in [1.82, 2.24) is 0 Å². The molecule has 0 N–H and O–H groups in total. The highest BCUT2D eigenvalue weighted by Crippen LogP contribution is 2.40. The minimum absolute atomic E-state index is 0.0423. The maximum atomic E-state index is 11.3. The topological polar surface area (TPSA) is 86.5 Å². The minimum Gasteiger partial charge on any atom is -0.486 e. The number of ether oxygens (including phenoxy) is 1. The van der Waals surface area contributed by atoms with Crippen molar-refractivity contribution in [3.63, 3.8) is 0 Å². The van der Waals surface area contributed by atoms with Gasteiger partial charge in [-0.25, -0.2) is 8.42 Å². The quantitative estimate of drug-likeness (QED) is 0.484. The highest BCUT2D eigenvalue weighted by atomic mass is 35.7. The molecule has 0 saturated heterocycles. The van der Waals surface area contributed by atoms with Gasteiger partial charge >= 0.3 is 5.69 Å². The Hall–Kier alpha value is -1.05. The zero-order valence-electron chi connectivity index (χ0n) is 8.51. The average Bonchev–Trinajstić information content (AvgIpc) is 2.15. The summed E-state index contributed by atoms with van der Waals surface area (Å²) in [7, 11) is 0.935. The van der Waals surface area contributed by atoms with Crippen LogP contribution in [0.1, 0.15) is 6.92 Å². The Kier molecular flexibility index (Phi) is 4.18. The molecule has 0 radical (unpaired) electrons. The Bertz CT molecular complexity index is 557. The summed E-state index contributed by atoms with van der Waals surface area (Å²) in [6.45, 7) is 1.59. The smallest absolute Gasteiger partial charge is 0.312 e. The van der Waals surface area contributed by atoms with Crippen LogP contribution < -0.4 is 4.74 Å². The summed E-state index contributed by atoms with van der Waals surface area (Å²) in [6.07, 6.45) is 0. The van der Waals surface area contributed by atoms with Gasteiger partial charge in [0.15, 0.2) is 4.90 Å². The number of benzene rings is 1. The van der Waals surface area contributed by atoms with Crippen LogP contribution in [0.15, 0.2) is 17.0 Å². The number of nitro benzene ring substituents is 1. The third-order valence-corrected chi connectivity index (χ3v) is 3.56. The van der Waals surface area contributed by atoms with E-state index in [0.29, 0.717) is 0 Å². The van der Waals surface area contributed by atoms with Crippen LogP contribution in [0.5, 0.6) is 5.75 Å². The number of nitrogens with zero attached hydrogens (tertiary/aromatic N) is 1. The van der Waals surface area contributed by atoms with Gasteiger partial charge in [0.25, 0.3) is 9.05 Å². The summed E-state index contributed by atoms with van der Waals surface area (Å²) < 4.78 is 27.6. The molecule has 94 valence electrons. The monoisotopic (exact) mass is 299 g/mol. The Morgan fingerprint density at radius 3 is 2.47 bits per heavy atom.